The number of carbonyl (C=O) groups is 2. The maximum Gasteiger partial charge on any atom is 0.302 e. The molecule has 3 aromatic carbocycles. The Bertz CT molecular complexity index is 1960. The van der Waals surface area contributed by atoms with Gasteiger partial charge in [-0.15, -0.1) is 0 Å². The molecule has 3 heterocycles. The molecule has 0 aliphatic rings. The summed E-state index contributed by atoms with van der Waals surface area (Å²) in [6.45, 7) is 6.18. The highest BCUT2D eigenvalue weighted by molar-refractivity contribution is 6.00. The van der Waals surface area contributed by atoms with Crippen LogP contribution in [0.1, 0.15) is 78.7 Å². The molecule has 228 valence electrons. The monoisotopic (exact) mass is 593 g/mol. The lowest BCUT2D eigenvalue weighted by molar-refractivity contribution is 0.0972. The normalized spacial score (nSPS) is 11.2. The Labute approximate surface area is 256 Å². The lowest BCUT2D eigenvalue weighted by Gasteiger charge is -2.02. The van der Waals surface area contributed by atoms with Crippen LogP contribution >= 0.6 is 0 Å². The van der Waals surface area contributed by atoms with Gasteiger partial charge in [0.15, 0.2) is 17.1 Å². The SMILES string of the molecule is CCCCC(=O)c1ccc2c(c1)nc(N)n2C.CCCCC(=O)c1ccc2c(c1)nc(Nc1nc3cc(C)ccc3o1)n2C. The molecule has 0 aliphatic carbocycles. The standard InChI is InChI=1S/C21H22N4O2.C13H17N3O/c1-4-5-6-18(26)14-8-9-17-15(12-14)22-20(25(17)3)24-21-23-16-11-13(2)7-10-19(16)27-21;1-3-4-5-12(17)9-6-7-11-10(8-9)15-13(14)16(11)2/h7-12H,4-6H2,1-3H3,(H,22,23,24);6-8H,3-5H2,1-2H3,(H2,14,15). The summed E-state index contributed by atoms with van der Waals surface area (Å²) in [4.78, 5) is 37.5. The van der Waals surface area contributed by atoms with Crippen LogP contribution in [0.2, 0.25) is 0 Å². The summed E-state index contributed by atoms with van der Waals surface area (Å²) in [7, 11) is 3.78. The predicted octanol–water partition coefficient (Wildman–Crippen LogP) is 7.67. The zero-order valence-corrected chi connectivity index (χ0v) is 26.0. The van der Waals surface area contributed by atoms with Gasteiger partial charge in [0.25, 0.3) is 0 Å². The summed E-state index contributed by atoms with van der Waals surface area (Å²) in [5.41, 5.74) is 13.3. The van der Waals surface area contributed by atoms with Gasteiger partial charge in [0.1, 0.15) is 5.52 Å². The van der Waals surface area contributed by atoms with Gasteiger partial charge in [-0.2, -0.15) is 4.98 Å². The first-order chi connectivity index (χ1) is 21.2. The third kappa shape index (κ3) is 6.49. The van der Waals surface area contributed by atoms with Gasteiger partial charge in [-0.3, -0.25) is 14.9 Å². The lowest BCUT2D eigenvalue weighted by Crippen LogP contribution is -1.99. The second-order valence-electron chi connectivity index (χ2n) is 11.1. The van der Waals surface area contributed by atoms with E-state index in [1.807, 2.05) is 84.8 Å². The molecule has 0 amide bonds. The van der Waals surface area contributed by atoms with Gasteiger partial charge in [-0.1, -0.05) is 32.8 Å². The topological polar surface area (TPSA) is 134 Å². The number of aryl methyl sites for hydroxylation is 3. The lowest BCUT2D eigenvalue weighted by atomic mass is 10.1. The van der Waals surface area contributed by atoms with E-state index >= 15 is 0 Å². The van der Waals surface area contributed by atoms with E-state index in [0.29, 0.717) is 36.3 Å². The number of rotatable bonds is 10. The number of Topliss-reactive ketones (excluding diaryl/α,β-unsaturated/α-hetero) is 2. The third-order valence-corrected chi connectivity index (χ3v) is 7.72. The van der Waals surface area contributed by atoms with E-state index in [1.165, 1.54) is 0 Å². The number of nitrogens with one attached hydrogen (secondary N) is 1. The summed E-state index contributed by atoms with van der Waals surface area (Å²) in [5, 5.41) is 3.14. The fourth-order valence-electron chi connectivity index (χ4n) is 5.03. The number of nitrogen functional groups attached to an aromatic ring is 1. The number of ketones is 2. The minimum atomic E-state index is 0.160. The van der Waals surface area contributed by atoms with Crippen molar-refractivity contribution in [2.45, 2.75) is 59.3 Å². The first kappa shape index (κ1) is 30.5. The molecule has 0 radical (unpaired) electrons. The summed E-state index contributed by atoms with van der Waals surface area (Å²) >= 11 is 0. The van der Waals surface area contributed by atoms with Crippen LogP contribution in [-0.4, -0.2) is 35.7 Å². The van der Waals surface area contributed by atoms with Crippen LogP contribution < -0.4 is 11.1 Å². The molecule has 0 bridgehead atoms. The van der Waals surface area contributed by atoms with Crippen molar-refractivity contribution in [1.29, 1.82) is 0 Å². The fraction of sp³-hybridized carbons (Fsp3) is 0.324. The highest BCUT2D eigenvalue weighted by Crippen LogP contribution is 2.26. The number of hydrogen-bond donors (Lipinski definition) is 2. The van der Waals surface area contributed by atoms with Crippen LogP contribution in [-0.2, 0) is 14.1 Å². The van der Waals surface area contributed by atoms with E-state index in [-0.39, 0.29) is 11.6 Å². The van der Waals surface area contributed by atoms with Gasteiger partial charge in [-0.25, -0.2) is 9.97 Å². The van der Waals surface area contributed by atoms with Crippen molar-refractivity contribution in [3.8, 4) is 0 Å². The van der Waals surface area contributed by atoms with E-state index in [0.717, 1.165) is 70.0 Å². The summed E-state index contributed by atoms with van der Waals surface area (Å²) in [5.74, 6) is 1.43. The Kier molecular flexibility index (Phi) is 9.08. The number of hydrogen-bond acceptors (Lipinski definition) is 8. The van der Waals surface area contributed by atoms with Crippen LogP contribution in [0.15, 0.2) is 59.0 Å². The van der Waals surface area contributed by atoms with Gasteiger partial charge in [0.05, 0.1) is 22.1 Å². The maximum absolute atomic E-state index is 12.3. The summed E-state index contributed by atoms with van der Waals surface area (Å²) < 4.78 is 9.50. The van der Waals surface area contributed by atoms with E-state index in [1.54, 1.807) is 0 Å². The third-order valence-electron chi connectivity index (χ3n) is 7.72. The van der Waals surface area contributed by atoms with Crippen LogP contribution in [0.25, 0.3) is 33.2 Å². The molecule has 0 unspecified atom stereocenters. The second kappa shape index (κ2) is 13.1. The van der Waals surface area contributed by atoms with E-state index in [2.05, 4.69) is 34.1 Å². The molecule has 44 heavy (non-hydrogen) atoms. The van der Waals surface area contributed by atoms with Crippen molar-refractivity contribution in [1.82, 2.24) is 24.1 Å². The van der Waals surface area contributed by atoms with Crippen molar-refractivity contribution in [2.24, 2.45) is 14.1 Å². The Hall–Kier alpha value is -4.99. The molecule has 0 saturated carbocycles. The Morgan fingerprint density at radius 1 is 0.773 bits per heavy atom. The van der Waals surface area contributed by atoms with E-state index in [9.17, 15) is 9.59 Å². The van der Waals surface area contributed by atoms with E-state index < -0.39 is 0 Å². The number of fused-ring (bicyclic) bond motifs is 3. The molecule has 0 atom stereocenters. The minimum absolute atomic E-state index is 0.160. The first-order valence-corrected chi connectivity index (χ1v) is 15.1. The number of carbonyl (C=O) groups excluding carboxylic acids is 2. The number of anilines is 3. The molecule has 6 rings (SSSR count). The smallest absolute Gasteiger partial charge is 0.302 e. The van der Waals surface area contributed by atoms with Gasteiger partial charge >= 0.3 is 6.01 Å². The average Bonchev–Trinajstić information content (AvgIpc) is 3.66. The molecule has 0 saturated heterocycles. The van der Waals surface area contributed by atoms with Gasteiger partial charge < -0.3 is 19.3 Å². The Morgan fingerprint density at radius 2 is 1.36 bits per heavy atom. The maximum atomic E-state index is 12.3. The zero-order valence-electron chi connectivity index (χ0n) is 26.0. The molecule has 10 nitrogen and oxygen atoms in total. The number of oxazole rings is 1. The zero-order chi connectivity index (χ0) is 31.4. The second-order valence-corrected chi connectivity index (χ2v) is 11.1. The van der Waals surface area contributed by atoms with Crippen LogP contribution in [0.4, 0.5) is 17.9 Å². The molecule has 3 aromatic heterocycles. The van der Waals surface area contributed by atoms with Crippen LogP contribution in [0.3, 0.4) is 0 Å². The largest absolute Gasteiger partial charge is 0.423 e. The molecule has 0 aliphatic heterocycles. The van der Waals surface area contributed by atoms with Crippen molar-refractivity contribution >= 4 is 62.6 Å². The number of nitrogens with zero attached hydrogens (tertiary/aromatic N) is 5. The quantitative estimate of drug-likeness (QED) is 0.155. The molecular formula is C34H39N7O3. The average molecular weight is 594 g/mol. The van der Waals surface area contributed by atoms with Crippen molar-refractivity contribution in [3.05, 3.63) is 71.3 Å². The van der Waals surface area contributed by atoms with Gasteiger partial charge in [0, 0.05) is 38.1 Å². The van der Waals surface area contributed by atoms with Gasteiger partial charge in [0.2, 0.25) is 11.9 Å². The summed E-state index contributed by atoms with van der Waals surface area (Å²) in [6, 6.07) is 17.5. The minimum Gasteiger partial charge on any atom is -0.423 e. The molecular weight excluding hydrogens is 554 g/mol. The molecule has 0 spiro atoms. The highest BCUT2D eigenvalue weighted by Gasteiger charge is 2.14. The summed E-state index contributed by atoms with van der Waals surface area (Å²) in [6.07, 6.45) is 5.05. The Morgan fingerprint density at radius 3 is 1.98 bits per heavy atom. The van der Waals surface area contributed by atoms with Gasteiger partial charge in [-0.05, 0) is 73.9 Å². The van der Waals surface area contributed by atoms with Crippen molar-refractivity contribution < 1.29 is 14.0 Å². The number of aromatic nitrogens is 5. The number of nitrogens with two attached hydrogens (primary N) is 1. The van der Waals surface area contributed by atoms with Crippen LogP contribution in [0.5, 0.6) is 0 Å². The highest BCUT2D eigenvalue weighted by atomic mass is 16.4. The molecule has 6 aromatic rings. The molecule has 10 heteroatoms. The molecule has 3 N–H and O–H groups in total. The van der Waals surface area contributed by atoms with Crippen molar-refractivity contribution in [2.75, 3.05) is 11.1 Å². The predicted molar refractivity (Wildman–Crippen MR) is 176 cm³/mol. The number of unbranched alkanes of at least 4 members (excludes halogenated alkanes) is 2. The number of imidazole rings is 2. The fourth-order valence-corrected chi connectivity index (χ4v) is 5.03. The van der Waals surface area contributed by atoms with Crippen LogP contribution in [0, 0.1) is 6.92 Å². The number of benzene rings is 3. The Balaban J connectivity index is 0.000000195. The first-order valence-electron chi connectivity index (χ1n) is 15.1. The molecule has 0 fully saturated rings. The van der Waals surface area contributed by atoms with E-state index in [4.69, 9.17) is 10.2 Å². The van der Waals surface area contributed by atoms with Crippen molar-refractivity contribution in [3.63, 3.8) is 0 Å².